The lowest BCUT2D eigenvalue weighted by atomic mass is 9.94. The number of rotatable bonds is 11. The highest BCUT2D eigenvalue weighted by molar-refractivity contribution is 5.95. The Bertz CT molecular complexity index is 1000. The van der Waals surface area contributed by atoms with Crippen molar-refractivity contribution in [2.45, 2.75) is 144 Å². The first kappa shape index (κ1) is 39.8. The summed E-state index contributed by atoms with van der Waals surface area (Å²) in [7, 11) is 0. The molecule has 12 nitrogen and oxygen atoms in total. The van der Waals surface area contributed by atoms with Crippen molar-refractivity contribution < 1.29 is 33.5 Å². The lowest BCUT2D eigenvalue weighted by Gasteiger charge is -2.28. The molecule has 1 heterocycles. The van der Waals surface area contributed by atoms with E-state index in [-0.39, 0.29) is 43.1 Å². The van der Waals surface area contributed by atoms with E-state index >= 15 is 0 Å². The molecule has 0 aromatic carbocycles. The van der Waals surface area contributed by atoms with Crippen molar-refractivity contribution in [1.82, 2.24) is 26.6 Å². The van der Waals surface area contributed by atoms with Crippen molar-refractivity contribution in [2.75, 3.05) is 6.54 Å². The number of unbranched alkanes of at least 4 members (excludes halogenated alkanes) is 3. The van der Waals surface area contributed by atoms with Crippen LogP contribution in [0.1, 0.15) is 114 Å². The van der Waals surface area contributed by atoms with Gasteiger partial charge in [-0.05, 0) is 49.9 Å². The summed E-state index contributed by atoms with van der Waals surface area (Å²) in [6.45, 7) is 16.3. The molecule has 5 N–H and O–H groups in total. The average molecular weight is 638 g/mol. The zero-order valence-corrected chi connectivity index (χ0v) is 28.9. The fraction of sp³-hybridized carbons (Fsp3) is 0.818. The number of cyclic esters (lactones) is 1. The Morgan fingerprint density at radius 1 is 0.711 bits per heavy atom. The smallest absolute Gasteiger partial charge is 0.328 e. The summed E-state index contributed by atoms with van der Waals surface area (Å²) in [5.41, 5.74) is 0. The quantitative estimate of drug-likeness (QED) is 0.171. The van der Waals surface area contributed by atoms with Gasteiger partial charge in [-0.1, -0.05) is 81.1 Å². The molecule has 45 heavy (non-hydrogen) atoms. The van der Waals surface area contributed by atoms with Crippen molar-refractivity contribution in [3.05, 3.63) is 0 Å². The van der Waals surface area contributed by atoms with Crippen LogP contribution in [0.15, 0.2) is 0 Å². The van der Waals surface area contributed by atoms with Crippen LogP contribution < -0.4 is 26.6 Å². The van der Waals surface area contributed by atoms with Gasteiger partial charge in [-0.15, -0.1) is 0 Å². The Labute approximate surface area is 269 Å². The Kier molecular flexibility index (Phi) is 17.8. The molecule has 0 spiro atoms. The minimum Gasteiger partial charge on any atom is -0.460 e. The summed E-state index contributed by atoms with van der Waals surface area (Å²) < 4.78 is 5.92. The number of ether oxygens (including phenoxy) is 1. The highest BCUT2D eigenvalue weighted by Gasteiger charge is 2.34. The topological polar surface area (TPSA) is 172 Å². The van der Waals surface area contributed by atoms with E-state index < -0.39 is 65.8 Å². The van der Waals surface area contributed by atoms with E-state index in [4.69, 9.17) is 4.74 Å². The maximum Gasteiger partial charge on any atom is 0.328 e. The zero-order valence-electron chi connectivity index (χ0n) is 28.9. The van der Waals surface area contributed by atoms with Gasteiger partial charge in [0.1, 0.15) is 30.3 Å². The Morgan fingerprint density at radius 3 is 1.89 bits per heavy atom. The van der Waals surface area contributed by atoms with Gasteiger partial charge in [-0.25, -0.2) is 4.79 Å². The van der Waals surface area contributed by atoms with Gasteiger partial charge in [0.05, 0.1) is 13.0 Å². The van der Waals surface area contributed by atoms with Crippen molar-refractivity contribution in [1.29, 1.82) is 0 Å². The molecule has 0 bridgehead atoms. The molecule has 5 amide bonds. The van der Waals surface area contributed by atoms with Crippen LogP contribution in [-0.2, 0) is 33.5 Å². The number of nitrogens with one attached hydrogen (secondary N) is 5. The molecule has 12 heteroatoms. The first-order valence-electron chi connectivity index (χ1n) is 16.7. The molecule has 0 aromatic heterocycles. The normalized spacial score (nSPS) is 25.7. The van der Waals surface area contributed by atoms with E-state index in [0.717, 1.165) is 32.1 Å². The van der Waals surface area contributed by atoms with Crippen molar-refractivity contribution >= 4 is 35.5 Å². The van der Waals surface area contributed by atoms with Crippen LogP contribution in [0.25, 0.3) is 0 Å². The molecular weight excluding hydrogens is 578 g/mol. The molecule has 0 saturated carbocycles. The standard InChI is InChI=1S/C33H59N5O7/c1-10-11-12-13-14-22(8)26-17-27(39)34-18-28(40)38-29(21(6)7)32(43)36-24(15-19(2)3)31(42)35-23(9)30(41)37-25(16-20(4)5)33(44)45-26/h19-26,29H,10-18H2,1-9H3,(H,34,39)(H,35,42)(H,36,43)(H,37,41)(H,38,40). The molecule has 6 atom stereocenters. The van der Waals surface area contributed by atoms with Gasteiger partial charge in [-0.3, -0.25) is 24.0 Å². The zero-order chi connectivity index (χ0) is 34.3. The lowest BCUT2D eigenvalue weighted by molar-refractivity contribution is -0.157. The lowest BCUT2D eigenvalue weighted by Crippen LogP contribution is -2.58. The number of esters is 1. The summed E-state index contributed by atoms with van der Waals surface area (Å²) >= 11 is 0. The second-order valence-electron chi connectivity index (χ2n) is 13.7. The van der Waals surface area contributed by atoms with Gasteiger partial charge in [0.2, 0.25) is 29.5 Å². The molecule has 0 aromatic rings. The van der Waals surface area contributed by atoms with Gasteiger partial charge < -0.3 is 31.3 Å². The molecule has 0 radical (unpaired) electrons. The number of carbonyl (C=O) groups is 6. The van der Waals surface area contributed by atoms with Crippen LogP contribution in [-0.4, -0.2) is 72.3 Å². The van der Waals surface area contributed by atoms with E-state index in [1.54, 1.807) is 13.8 Å². The monoisotopic (exact) mass is 637 g/mol. The van der Waals surface area contributed by atoms with Crippen molar-refractivity contribution in [3.63, 3.8) is 0 Å². The number of hydrogen-bond donors (Lipinski definition) is 5. The summed E-state index contributed by atoms with van der Waals surface area (Å²) in [5, 5.41) is 13.4. The third-order valence-corrected chi connectivity index (χ3v) is 7.91. The van der Waals surface area contributed by atoms with Gasteiger partial charge >= 0.3 is 5.97 Å². The van der Waals surface area contributed by atoms with Gasteiger partial charge in [0.15, 0.2) is 0 Å². The minimum atomic E-state index is -1.02. The first-order chi connectivity index (χ1) is 21.0. The molecule has 0 aliphatic carbocycles. The highest BCUT2D eigenvalue weighted by Crippen LogP contribution is 2.21. The van der Waals surface area contributed by atoms with Crippen LogP contribution in [0.3, 0.4) is 0 Å². The van der Waals surface area contributed by atoms with Crippen LogP contribution in [0, 0.1) is 23.7 Å². The predicted molar refractivity (Wildman–Crippen MR) is 173 cm³/mol. The van der Waals surface area contributed by atoms with Crippen molar-refractivity contribution in [2.24, 2.45) is 23.7 Å². The number of amides is 5. The van der Waals surface area contributed by atoms with Gasteiger partial charge in [-0.2, -0.15) is 0 Å². The highest BCUT2D eigenvalue weighted by atomic mass is 16.5. The van der Waals surface area contributed by atoms with Crippen LogP contribution in [0.5, 0.6) is 0 Å². The molecule has 1 fully saturated rings. The maximum atomic E-state index is 13.5. The summed E-state index contributed by atoms with van der Waals surface area (Å²) in [4.78, 5) is 79.2. The van der Waals surface area contributed by atoms with Crippen molar-refractivity contribution in [3.8, 4) is 0 Å². The summed E-state index contributed by atoms with van der Waals surface area (Å²) in [5.74, 6) is -3.80. The van der Waals surface area contributed by atoms with Crippen LogP contribution in [0.4, 0.5) is 0 Å². The fourth-order valence-corrected chi connectivity index (χ4v) is 5.19. The van der Waals surface area contributed by atoms with E-state index in [1.165, 1.54) is 6.92 Å². The fourth-order valence-electron chi connectivity index (χ4n) is 5.19. The molecule has 1 aliphatic rings. The SMILES string of the molecule is CCCCCCC(C)C1CC(=O)NCC(=O)NC(C(C)C)C(=O)NC(CC(C)C)C(=O)NC(C)C(=O)NC(CC(C)C)C(=O)O1. The predicted octanol–water partition coefficient (Wildman–Crippen LogP) is 2.73. The van der Waals surface area contributed by atoms with E-state index in [2.05, 4.69) is 33.5 Å². The molecule has 258 valence electrons. The Morgan fingerprint density at radius 2 is 1.31 bits per heavy atom. The van der Waals surface area contributed by atoms with Crippen LogP contribution >= 0.6 is 0 Å². The van der Waals surface area contributed by atoms with E-state index in [0.29, 0.717) is 6.42 Å². The second-order valence-corrected chi connectivity index (χ2v) is 13.7. The molecule has 1 saturated heterocycles. The molecule has 1 rings (SSSR count). The largest absolute Gasteiger partial charge is 0.460 e. The number of hydrogen-bond acceptors (Lipinski definition) is 7. The van der Waals surface area contributed by atoms with Gasteiger partial charge in [0, 0.05) is 0 Å². The average Bonchev–Trinajstić information content (AvgIpc) is 2.94. The maximum absolute atomic E-state index is 13.5. The van der Waals surface area contributed by atoms with Gasteiger partial charge in [0.25, 0.3) is 0 Å². The van der Waals surface area contributed by atoms with E-state index in [1.807, 2.05) is 34.6 Å². The third-order valence-electron chi connectivity index (χ3n) is 7.91. The molecule has 1 aliphatic heterocycles. The Balaban J connectivity index is 3.41. The number of carbonyl (C=O) groups excluding carboxylic acids is 6. The molecular formula is C33H59N5O7. The summed E-state index contributed by atoms with van der Waals surface area (Å²) in [6.07, 6.45) is 4.46. The summed E-state index contributed by atoms with van der Waals surface area (Å²) in [6, 6.07) is -3.95. The van der Waals surface area contributed by atoms with E-state index in [9.17, 15) is 28.8 Å². The third kappa shape index (κ3) is 15.1. The molecule has 6 unspecified atom stereocenters. The first-order valence-corrected chi connectivity index (χ1v) is 16.7. The van der Waals surface area contributed by atoms with Crippen LogP contribution in [0.2, 0.25) is 0 Å². The second kappa shape index (κ2) is 20.0. The Hall–Kier alpha value is -3.18. The minimum absolute atomic E-state index is 0.0284.